The van der Waals surface area contributed by atoms with Crippen molar-refractivity contribution in [3.63, 3.8) is 0 Å². The van der Waals surface area contributed by atoms with Gasteiger partial charge >= 0.3 is 0 Å². The summed E-state index contributed by atoms with van der Waals surface area (Å²) in [5.74, 6) is 1.66. The van der Waals surface area contributed by atoms with E-state index in [2.05, 4.69) is 4.98 Å². The molecule has 1 aromatic carbocycles. The van der Waals surface area contributed by atoms with E-state index < -0.39 is 0 Å². The van der Waals surface area contributed by atoms with E-state index in [-0.39, 0.29) is 0 Å². The van der Waals surface area contributed by atoms with Crippen LogP contribution in [-0.4, -0.2) is 4.98 Å². The molecule has 2 rings (SSSR count). The van der Waals surface area contributed by atoms with Gasteiger partial charge in [0.25, 0.3) is 0 Å². The molecule has 0 spiro atoms. The highest BCUT2D eigenvalue weighted by molar-refractivity contribution is 5.43. The molecule has 0 saturated heterocycles. The van der Waals surface area contributed by atoms with Gasteiger partial charge in [0, 0.05) is 29.6 Å². The van der Waals surface area contributed by atoms with Crippen LogP contribution in [0.4, 0.5) is 0 Å². The zero-order valence-electron chi connectivity index (χ0n) is 11.0. The lowest BCUT2D eigenvalue weighted by Gasteiger charge is -2.14. The van der Waals surface area contributed by atoms with E-state index in [0.29, 0.717) is 6.54 Å². The number of hydrogen-bond donors (Lipinski definition) is 1. The van der Waals surface area contributed by atoms with Crippen LogP contribution >= 0.6 is 0 Å². The highest BCUT2D eigenvalue weighted by Gasteiger charge is 2.10. The zero-order valence-corrected chi connectivity index (χ0v) is 11.0. The number of rotatable bonds is 3. The molecule has 0 aliphatic heterocycles. The Bertz CT molecular complexity index is 564. The number of nitrogens with zero attached hydrogens (tertiary/aromatic N) is 1. The Labute approximate surface area is 108 Å². The number of pyridine rings is 1. The summed E-state index contributed by atoms with van der Waals surface area (Å²) in [6.07, 6.45) is 0. The topological polar surface area (TPSA) is 48.1 Å². The molecule has 0 aliphatic carbocycles. The van der Waals surface area contributed by atoms with E-state index in [1.807, 2.05) is 51.1 Å². The summed E-state index contributed by atoms with van der Waals surface area (Å²) < 4.78 is 5.97. The molecule has 0 saturated carbocycles. The Hall–Kier alpha value is -1.87. The molecule has 3 heteroatoms. The minimum atomic E-state index is 0.431. The average molecular weight is 242 g/mol. The Balaban J connectivity index is 2.43. The SMILES string of the molecule is Cc1cc(Oc2ccccc2C)c(CN)c(C)n1. The lowest BCUT2D eigenvalue weighted by molar-refractivity contribution is 0.470. The van der Waals surface area contributed by atoms with Crippen molar-refractivity contribution < 1.29 is 4.74 Å². The molecule has 18 heavy (non-hydrogen) atoms. The van der Waals surface area contributed by atoms with Gasteiger partial charge in [0.15, 0.2) is 0 Å². The third-order valence-electron chi connectivity index (χ3n) is 2.94. The van der Waals surface area contributed by atoms with Crippen LogP contribution in [-0.2, 0) is 6.54 Å². The highest BCUT2D eigenvalue weighted by atomic mass is 16.5. The molecule has 1 heterocycles. The van der Waals surface area contributed by atoms with E-state index in [0.717, 1.165) is 34.0 Å². The zero-order chi connectivity index (χ0) is 13.1. The number of para-hydroxylation sites is 1. The minimum absolute atomic E-state index is 0.431. The molecule has 2 aromatic rings. The third kappa shape index (κ3) is 2.51. The van der Waals surface area contributed by atoms with Gasteiger partial charge in [-0.25, -0.2) is 0 Å². The molecular formula is C15H18N2O. The number of aromatic nitrogens is 1. The van der Waals surface area contributed by atoms with E-state index >= 15 is 0 Å². The number of nitrogens with two attached hydrogens (primary N) is 1. The summed E-state index contributed by atoms with van der Waals surface area (Å²) >= 11 is 0. The van der Waals surface area contributed by atoms with Crippen LogP contribution in [0.5, 0.6) is 11.5 Å². The molecule has 94 valence electrons. The number of ether oxygens (including phenoxy) is 1. The fourth-order valence-electron chi connectivity index (χ4n) is 1.95. The van der Waals surface area contributed by atoms with Crippen molar-refractivity contribution in [3.05, 3.63) is 52.8 Å². The van der Waals surface area contributed by atoms with Crippen molar-refractivity contribution in [1.82, 2.24) is 4.98 Å². The first-order valence-corrected chi connectivity index (χ1v) is 6.02. The summed E-state index contributed by atoms with van der Waals surface area (Å²) in [7, 11) is 0. The van der Waals surface area contributed by atoms with Crippen LogP contribution < -0.4 is 10.5 Å². The average Bonchev–Trinajstić information content (AvgIpc) is 2.31. The van der Waals surface area contributed by atoms with E-state index in [4.69, 9.17) is 10.5 Å². The first kappa shape index (κ1) is 12.6. The molecule has 0 radical (unpaired) electrons. The molecule has 0 bridgehead atoms. The van der Waals surface area contributed by atoms with Crippen molar-refractivity contribution in [3.8, 4) is 11.5 Å². The molecule has 0 unspecified atom stereocenters. The largest absolute Gasteiger partial charge is 0.457 e. The highest BCUT2D eigenvalue weighted by Crippen LogP contribution is 2.29. The van der Waals surface area contributed by atoms with Crippen molar-refractivity contribution in [2.75, 3.05) is 0 Å². The minimum Gasteiger partial charge on any atom is -0.457 e. The van der Waals surface area contributed by atoms with Gasteiger partial charge in [-0.3, -0.25) is 4.98 Å². The Morgan fingerprint density at radius 2 is 1.83 bits per heavy atom. The molecule has 0 aliphatic rings. The van der Waals surface area contributed by atoms with Crippen molar-refractivity contribution >= 4 is 0 Å². The monoisotopic (exact) mass is 242 g/mol. The molecular weight excluding hydrogens is 224 g/mol. The summed E-state index contributed by atoms with van der Waals surface area (Å²) in [6.45, 7) is 6.37. The standard InChI is InChI=1S/C15H18N2O/c1-10-6-4-5-7-14(10)18-15-8-11(2)17-12(3)13(15)9-16/h4-8H,9,16H2,1-3H3. The van der Waals surface area contributed by atoms with Crippen molar-refractivity contribution in [1.29, 1.82) is 0 Å². The second kappa shape index (κ2) is 5.19. The van der Waals surface area contributed by atoms with Gasteiger partial charge in [0.1, 0.15) is 11.5 Å². The maximum absolute atomic E-state index is 5.97. The predicted molar refractivity (Wildman–Crippen MR) is 72.9 cm³/mol. The maximum atomic E-state index is 5.97. The molecule has 0 amide bonds. The van der Waals surface area contributed by atoms with Crippen molar-refractivity contribution in [2.24, 2.45) is 5.73 Å². The van der Waals surface area contributed by atoms with Gasteiger partial charge < -0.3 is 10.5 Å². The first-order valence-electron chi connectivity index (χ1n) is 6.02. The van der Waals surface area contributed by atoms with Gasteiger partial charge in [-0.2, -0.15) is 0 Å². The first-order chi connectivity index (χ1) is 8.61. The fraction of sp³-hybridized carbons (Fsp3) is 0.267. The number of hydrogen-bond acceptors (Lipinski definition) is 3. The molecule has 3 nitrogen and oxygen atoms in total. The van der Waals surface area contributed by atoms with Gasteiger partial charge in [-0.05, 0) is 32.4 Å². The number of aryl methyl sites for hydroxylation is 3. The Morgan fingerprint density at radius 3 is 2.50 bits per heavy atom. The third-order valence-corrected chi connectivity index (χ3v) is 2.94. The number of benzene rings is 1. The summed E-state index contributed by atoms with van der Waals surface area (Å²) in [5.41, 5.74) is 9.71. The lowest BCUT2D eigenvalue weighted by atomic mass is 10.1. The quantitative estimate of drug-likeness (QED) is 0.898. The van der Waals surface area contributed by atoms with Gasteiger partial charge in [0.2, 0.25) is 0 Å². The molecule has 1 aromatic heterocycles. The summed E-state index contributed by atoms with van der Waals surface area (Å²) in [5, 5.41) is 0. The molecule has 0 fully saturated rings. The van der Waals surface area contributed by atoms with Crippen LogP contribution in [0, 0.1) is 20.8 Å². The van der Waals surface area contributed by atoms with E-state index in [9.17, 15) is 0 Å². The second-order valence-electron chi connectivity index (χ2n) is 4.40. The van der Waals surface area contributed by atoms with E-state index in [1.54, 1.807) is 0 Å². The van der Waals surface area contributed by atoms with Crippen LogP contribution in [0.25, 0.3) is 0 Å². The Kier molecular flexibility index (Phi) is 3.63. The molecule has 2 N–H and O–H groups in total. The van der Waals surface area contributed by atoms with Crippen LogP contribution in [0.1, 0.15) is 22.5 Å². The second-order valence-corrected chi connectivity index (χ2v) is 4.40. The van der Waals surface area contributed by atoms with Gasteiger partial charge in [0.05, 0.1) is 0 Å². The lowest BCUT2D eigenvalue weighted by Crippen LogP contribution is -2.05. The van der Waals surface area contributed by atoms with Crippen LogP contribution in [0.2, 0.25) is 0 Å². The van der Waals surface area contributed by atoms with Crippen LogP contribution in [0.15, 0.2) is 30.3 Å². The van der Waals surface area contributed by atoms with Crippen LogP contribution in [0.3, 0.4) is 0 Å². The smallest absolute Gasteiger partial charge is 0.135 e. The fourth-order valence-corrected chi connectivity index (χ4v) is 1.95. The normalized spacial score (nSPS) is 10.4. The van der Waals surface area contributed by atoms with Gasteiger partial charge in [-0.1, -0.05) is 18.2 Å². The Morgan fingerprint density at radius 1 is 1.11 bits per heavy atom. The van der Waals surface area contributed by atoms with E-state index in [1.165, 1.54) is 0 Å². The predicted octanol–water partition coefficient (Wildman–Crippen LogP) is 3.26. The summed E-state index contributed by atoms with van der Waals surface area (Å²) in [4.78, 5) is 4.41. The van der Waals surface area contributed by atoms with Crippen molar-refractivity contribution in [2.45, 2.75) is 27.3 Å². The maximum Gasteiger partial charge on any atom is 0.135 e. The molecule has 0 atom stereocenters. The van der Waals surface area contributed by atoms with Gasteiger partial charge in [-0.15, -0.1) is 0 Å². The summed E-state index contributed by atoms with van der Waals surface area (Å²) in [6, 6.07) is 9.88.